The fourth-order valence-corrected chi connectivity index (χ4v) is 15.0. The maximum atomic E-state index is 7.22. The Bertz CT molecular complexity index is 2320. The number of benzene rings is 1. The normalized spacial score (nSPS) is 38.2. The summed E-state index contributed by atoms with van der Waals surface area (Å²) in [4.78, 5) is 2.50. The first-order valence-corrected chi connectivity index (χ1v) is 24.0. The number of ether oxygens (including phenoxy) is 2. The van der Waals surface area contributed by atoms with Crippen LogP contribution in [0, 0.1) is 29.6 Å². The molecule has 0 aromatic heterocycles. The van der Waals surface area contributed by atoms with Crippen LogP contribution in [0.15, 0.2) is 174 Å². The van der Waals surface area contributed by atoms with E-state index in [0.29, 0.717) is 11.8 Å². The van der Waals surface area contributed by atoms with E-state index in [1.165, 1.54) is 71.5 Å². The predicted octanol–water partition coefficient (Wildman–Crippen LogP) is 13.1. The van der Waals surface area contributed by atoms with E-state index in [4.69, 9.17) is 9.47 Å². The molecule has 1 spiro atoms. The molecular weight excluding hydrogens is 739 g/mol. The first kappa shape index (κ1) is 36.6. The van der Waals surface area contributed by atoms with Gasteiger partial charge in [0.25, 0.3) is 0 Å². The molecule has 1 saturated carbocycles. The Balaban J connectivity index is 0.875. The maximum Gasteiger partial charge on any atom is 0.131 e. The van der Waals surface area contributed by atoms with Crippen LogP contribution in [0.2, 0.25) is 0 Å². The molecule has 3 fully saturated rings. The third-order valence-corrected chi connectivity index (χ3v) is 17.6. The van der Waals surface area contributed by atoms with Gasteiger partial charge < -0.3 is 14.4 Å². The molecule has 8 aliphatic carbocycles. The average molecular weight is 796 g/mol. The molecule has 300 valence electrons. The molecule has 3 heterocycles. The highest BCUT2D eigenvalue weighted by atomic mass is 32.2. The van der Waals surface area contributed by atoms with Crippen molar-refractivity contribution >= 4 is 11.8 Å². The van der Waals surface area contributed by atoms with E-state index in [0.717, 1.165) is 78.8 Å². The minimum atomic E-state index is -0.287. The molecule has 11 aliphatic rings. The van der Waals surface area contributed by atoms with Crippen molar-refractivity contribution in [3.05, 3.63) is 185 Å². The van der Waals surface area contributed by atoms with Crippen molar-refractivity contribution < 1.29 is 9.47 Å². The molecule has 1 aromatic rings. The van der Waals surface area contributed by atoms with Crippen LogP contribution in [0.3, 0.4) is 0 Å². The predicted molar refractivity (Wildman–Crippen MR) is 242 cm³/mol. The van der Waals surface area contributed by atoms with E-state index in [2.05, 4.69) is 156 Å². The molecule has 0 radical (unpaired) electrons. The van der Waals surface area contributed by atoms with Gasteiger partial charge in [-0.25, -0.2) is 0 Å². The van der Waals surface area contributed by atoms with Crippen LogP contribution in [0.25, 0.3) is 0 Å². The van der Waals surface area contributed by atoms with Crippen LogP contribution < -0.4 is 4.74 Å². The van der Waals surface area contributed by atoms with Crippen LogP contribution in [-0.4, -0.2) is 27.6 Å². The second-order valence-electron chi connectivity index (χ2n) is 18.8. The van der Waals surface area contributed by atoms with Crippen molar-refractivity contribution in [3.8, 4) is 5.75 Å². The Morgan fingerprint density at radius 1 is 0.712 bits per heavy atom. The van der Waals surface area contributed by atoms with Crippen LogP contribution in [0.1, 0.15) is 94.1 Å². The second-order valence-corrected chi connectivity index (χ2v) is 20.3. The van der Waals surface area contributed by atoms with Crippen molar-refractivity contribution in [1.82, 2.24) is 4.90 Å². The fourth-order valence-electron chi connectivity index (χ4n) is 13.0. The topological polar surface area (TPSA) is 21.7 Å². The molecular formula is C55H57NO2S. The Hall–Kier alpha value is -4.25. The molecule has 2 saturated heterocycles. The van der Waals surface area contributed by atoms with Crippen LogP contribution in [0.4, 0.5) is 0 Å². The largest absolute Gasteiger partial charge is 0.457 e. The quantitative estimate of drug-likeness (QED) is 0.277. The van der Waals surface area contributed by atoms with Gasteiger partial charge in [-0.15, -0.1) is 0 Å². The summed E-state index contributed by atoms with van der Waals surface area (Å²) in [7, 11) is 0. The van der Waals surface area contributed by atoms with Crippen LogP contribution in [-0.2, 0) is 10.2 Å². The third-order valence-electron chi connectivity index (χ3n) is 15.7. The molecule has 0 bridgehead atoms. The molecule has 3 nitrogen and oxygen atoms in total. The lowest BCUT2D eigenvalue weighted by molar-refractivity contribution is -0.0860. The van der Waals surface area contributed by atoms with Gasteiger partial charge in [-0.1, -0.05) is 109 Å². The Morgan fingerprint density at radius 3 is 2.53 bits per heavy atom. The summed E-state index contributed by atoms with van der Waals surface area (Å²) in [6, 6.07) is 7.50. The van der Waals surface area contributed by atoms with E-state index >= 15 is 0 Å². The monoisotopic (exact) mass is 795 g/mol. The number of hydrogen-bond donors (Lipinski definition) is 0. The minimum absolute atomic E-state index is 0.0109. The fraction of sp³-hybridized carbons (Fsp3) is 0.418. The SMILES string of the molecule is C1=CCCC(N(C2=CCCC=C2)C2=CCC(C3=CC4OC5C=CC=CC5C5(C6=CCCC=C6Oc6cc(C7CCC8SC9CCC=CC9C8C7)ccc65)C4C=C3)C=C2)=C1. The highest BCUT2D eigenvalue weighted by Crippen LogP contribution is 2.63. The zero-order chi connectivity index (χ0) is 38.9. The van der Waals surface area contributed by atoms with E-state index in [1.807, 2.05) is 0 Å². The van der Waals surface area contributed by atoms with Crippen molar-refractivity contribution in [2.75, 3.05) is 0 Å². The van der Waals surface area contributed by atoms with Gasteiger partial charge in [0, 0.05) is 61.9 Å². The highest BCUT2D eigenvalue weighted by Gasteiger charge is 2.61. The van der Waals surface area contributed by atoms with E-state index in [1.54, 1.807) is 0 Å². The number of fused-ring (bicyclic) bond motifs is 11. The van der Waals surface area contributed by atoms with Crippen molar-refractivity contribution in [2.45, 2.75) is 111 Å². The molecule has 59 heavy (non-hydrogen) atoms. The smallest absolute Gasteiger partial charge is 0.131 e. The maximum absolute atomic E-state index is 7.22. The molecule has 0 amide bonds. The summed E-state index contributed by atoms with van der Waals surface area (Å²) < 4.78 is 14.3. The molecule has 11 unspecified atom stereocenters. The van der Waals surface area contributed by atoms with E-state index in [-0.39, 0.29) is 29.5 Å². The summed E-state index contributed by atoms with van der Waals surface area (Å²) in [5, 5.41) is 1.68. The second kappa shape index (κ2) is 15.0. The number of allylic oxidation sites excluding steroid dienone is 19. The third kappa shape index (κ3) is 6.09. The molecule has 12 rings (SSSR count). The van der Waals surface area contributed by atoms with E-state index < -0.39 is 0 Å². The summed E-state index contributed by atoms with van der Waals surface area (Å²) in [6.45, 7) is 0. The van der Waals surface area contributed by atoms with Gasteiger partial charge in [-0.2, -0.15) is 11.8 Å². The Morgan fingerprint density at radius 2 is 1.63 bits per heavy atom. The Kier molecular flexibility index (Phi) is 9.32. The lowest BCUT2D eigenvalue weighted by atomic mass is 9.51. The summed E-state index contributed by atoms with van der Waals surface area (Å²) in [5.74, 6) is 4.98. The van der Waals surface area contributed by atoms with Crippen molar-refractivity contribution in [2.24, 2.45) is 29.6 Å². The summed E-state index contributed by atoms with van der Waals surface area (Å²) in [6.07, 6.45) is 61.9. The molecule has 0 N–H and O–H groups in total. The number of nitrogens with zero attached hydrogens (tertiary/aromatic N) is 1. The standard InChI is InChI=1S/C55H57NO2S/c1-3-13-40(14-4-1)56(41-15-5-2-6-16-41)42-28-23-36(24-29-42)38-25-30-47-51(34-38)57-49-20-10-8-18-45(49)55(47)46-19-9-11-21-50(46)58-52-35-39(26-31-48(52)55)37-27-32-54-44(33-37)43-17-7-12-22-53(43)59-54/h1,3,5,7-8,10,13,15-21,23,25-26,28-31,34-37,43-45,47,49,51,53-54H,2,4,6,9,11-12,14,22,24,27,32-33H2. The van der Waals surface area contributed by atoms with Crippen molar-refractivity contribution in [3.63, 3.8) is 0 Å². The van der Waals surface area contributed by atoms with E-state index in [9.17, 15) is 0 Å². The lowest BCUT2D eigenvalue weighted by Crippen LogP contribution is -2.59. The lowest BCUT2D eigenvalue weighted by Gasteiger charge is -2.58. The van der Waals surface area contributed by atoms with Gasteiger partial charge in [-0.05, 0) is 136 Å². The molecule has 11 atom stereocenters. The van der Waals surface area contributed by atoms with Gasteiger partial charge in [0.15, 0.2) is 0 Å². The van der Waals surface area contributed by atoms with Gasteiger partial charge in [0.2, 0.25) is 0 Å². The van der Waals surface area contributed by atoms with Gasteiger partial charge in [0.1, 0.15) is 11.5 Å². The van der Waals surface area contributed by atoms with Gasteiger partial charge in [-0.3, -0.25) is 0 Å². The minimum Gasteiger partial charge on any atom is -0.457 e. The molecule has 3 aliphatic heterocycles. The summed E-state index contributed by atoms with van der Waals surface area (Å²) in [5.41, 5.74) is 9.28. The zero-order valence-corrected chi connectivity index (χ0v) is 35.0. The number of hydrogen-bond acceptors (Lipinski definition) is 4. The zero-order valence-electron chi connectivity index (χ0n) is 34.2. The van der Waals surface area contributed by atoms with Crippen molar-refractivity contribution in [1.29, 1.82) is 0 Å². The molecule has 4 heteroatoms. The number of thioether (sulfide) groups is 1. The van der Waals surface area contributed by atoms with Crippen LogP contribution in [0.5, 0.6) is 5.75 Å². The average Bonchev–Trinajstić information content (AvgIpc) is 3.68. The molecule has 1 aromatic carbocycles. The first-order chi connectivity index (χ1) is 29.2. The highest BCUT2D eigenvalue weighted by molar-refractivity contribution is 8.00. The van der Waals surface area contributed by atoms with Gasteiger partial charge in [0.05, 0.1) is 12.2 Å². The number of rotatable bonds is 5. The van der Waals surface area contributed by atoms with Crippen LogP contribution >= 0.6 is 11.8 Å². The summed E-state index contributed by atoms with van der Waals surface area (Å²) >= 11 is 2.33. The Labute approximate surface area is 355 Å². The van der Waals surface area contributed by atoms with Gasteiger partial charge >= 0.3 is 0 Å². The first-order valence-electron chi connectivity index (χ1n) is 23.1.